The van der Waals surface area contributed by atoms with Crippen molar-refractivity contribution in [3.8, 4) is 23.0 Å². The zero-order chi connectivity index (χ0) is 17.8. The van der Waals surface area contributed by atoms with Crippen LogP contribution in [0.2, 0.25) is 0 Å². The highest BCUT2D eigenvalue weighted by Crippen LogP contribution is 2.41. The highest BCUT2D eigenvalue weighted by Gasteiger charge is 2.21. The first-order valence-electron chi connectivity index (χ1n) is 8.40. The van der Waals surface area contributed by atoms with Gasteiger partial charge in [-0.2, -0.15) is 4.57 Å². The lowest BCUT2D eigenvalue weighted by Gasteiger charge is -2.12. The Morgan fingerprint density at radius 1 is 0.852 bits per heavy atom. The molecule has 0 saturated carbocycles. The zero-order valence-electron chi connectivity index (χ0n) is 15.2. The van der Waals surface area contributed by atoms with Gasteiger partial charge in [-0.1, -0.05) is 6.07 Å². The quantitative estimate of drug-likeness (QED) is 0.385. The Labute approximate surface area is 162 Å². The summed E-state index contributed by atoms with van der Waals surface area (Å²) in [6.07, 6.45) is 2.09. The van der Waals surface area contributed by atoms with Gasteiger partial charge in [0.1, 0.15) is 7.05 Å². The van der Waals surface area contributed by atoms with E-state index in [1.54, 1.807) is 14.2 Å². The first-order valence-corrected chi connectivity index (χ1v) is 8.40. The number of nitrogens with zero attached hydrogens (tertiary/aromatic N) is 1. The van der Waals surface area contributed by atoms with Crippen LogP contribution >= 0.6 is 12.4 Å². The van der Waals surface area contributed by atoms with Gasteiger partial charge in [0.2, 0.25) is 12.3 Å². The lowest BCUT2D eigenvalue weighted by atomic mass is 10.00. The fourth-order valence-electron chi connectivity index (χ4n) is 3.87. The molecule has 0 amide bonds. The molecule has 1 aromatic heterocycles. The topological polar surface area (TPSA) is 40.8 Å². The number of pyridine rings is 1. The van der Waals surface area contributed by atoms with Crippen molar-refractivity contribution in [1.82, 2.24) is 0 Å². The molecule has 6 heteroatoms. The number of halogens is 1. The summed E-state index contributed by atoms with van der Waals surface area (Å²) in [7, 11) is 5.37. The number of aromatic nitrogens is 1. The standard InChI is InChI=1S/C21H18NO4.ClH/c1-22-10-16-13(6-7-17(23-2)21(16)24-3)14-5-4-12-8-18-19(26-11-25-18)9-15(12)20(14)22;/h4-10H,11H2,1-3H3;1H/q+1;. The van der Waals surface area contributed by atoms with Gasteiger partial charge in [0.25, 0.3) is 0 Å². The summed E-state index contributed by atoms with van der Waals surface area (Å²) >= 11 is 0. The molecular formula is C21H19ClNO4+. The van der Waals surface area contributed by atoms with E-state index < -0.39 is 0 Å². The predicted molar refractivity (Wildman–Crippen MR) is 107 cm³/mol. The van der Waals surface area contributed by atoms with Crippen LogP contribution in [0.1, 0.15) is 0 Å². The third-order valence-corrected chi connectivity index (χ3v) is 5.03. The van der Waals surface area contributed by atoms with Gasteiger partial charge < -0.3 is 18.9 Å². The second kappa shape index (κ2) is 6.35. The summed E-state index contributed by atoms with van der Waals surface area (Å²) < 4.78 is 24.3. The molecule has 0 fully saturated rings. The van der Waals surface area contributed by atoms with Crippen molar-refractivity contribution in [2.45, 2.75) is 0 Å². The lowest BCUT2D eigenvalue weighted by molar-refractivity contribution is -0.642. The maximum absolute atomic E-state index is 5.63. The number of aryl methyl sites for hydroxylation is 1. The van der Waals surface area contributed by atoms with Crippen LogP contribution < -0.4 is 23.5 Å². The molecule has 1 aliphatic rings. The molecule has 4 aromatic rings. The van der Waals surface area contributed by atoms with Gasteiger partial charge in [-0.15, -0.1) is 12.4 Å². The number of hydrogen-bond donors (Lipinski definition) is 0. The van der Waals surface area contributed by atoms with E-state index in [0.29, 0.717) is 0 Å². The van der Waals surface area contributed by atoms with Crippen LogP contribution in [0, 0.1) is 0 Å². The van der Waals surface area contributed by atoms with Crippen LogP contribution in [0.15, 0.2) is 42.6 Å². The maximum atomic E-state index is 5.63. The summed E-state index contributed by atoms with van der Waals surface area (Å²) in [5.74, 6) is 3.06. The minimum Gasteiger partial charge on any atom is -0.493 e. The van der Waals surface area contributed by atoms with Crippen LogP contribution in [0.25, 0.3) is 32.4 Å². The highest BCUT2D eigenvalue weighted by molar-refractivity contribution is 6.15. The van der Waals surface area contributed by atoms with E-state index in [2.05, 4.69) is 35.0 Å². The van der Waals surface area contributed by atoms with Crippen molar-refractivity contribution in [2.24, 2.45) is 7.05 Å². The molecule has 138 valence electrons. The van der Waals surface area contributed by atoms with Crippen LogP contribution in [0.3, 0.4) is 0 Å². The van der Waals surface area contributed by atoms with Gasteiger partial charge >= 0.3 is 0 Å². The van der Waals surface area contributed by atoms with E-state index in [0.717, 1.165) is 55.4 Å². The molecule has 0 bridgehead atoms. The average molecular weight is 385 g/mol. The molecule has 0 unspecified atom stereocenters. The second-order valence-electron chi connectivity index (χ2n) is 6.39. The summed E-state index contributed by atoms with van der Waals surface area (Å²) in [4.78, 5) is 0. The van der Waals surface area contributed by atoms with Crippen LogP contribution in [0.5, 0.6) is 23.0 Å². The number of hydrogen-bond acceptors (Lipinski definition) is 4. The van der Waals surface area contributed by atoms with Crippen molar-refractivity contribution >= 4 is 44.9 Å². The van der Waals surface area contributed by atoms with Crippen molar-refractivity contribution in [3.63, 3.8) is 0 Å². The van der Waals surface area contributed by atoms with E-state index in [4.69, 9.17) is 18.9 Å². The molecule has 1 aliphatic heterocycles. The zero-order valence-corrected chi connectivity index (χ0v) is 16.1. The smallest absolute Gasteiger partial charge is 0.231 e. The predicted octanol–water partition coefficient (Wildman–Crippen LogP) is 4.14. The molecule has 0 N–H and O–H groups in total. The number of ether oxygens (including phenoxy) is 4. The normalized spacial score (nSPS) is 12.4. The molecule has 0 saturated heterocycles. The van der Waals surface area contributed by atoms with Gasteiger partial charge in [0, 0.05) is 5.39 Å². The van der Waals surface area contributed by atoms with Crippen molar-refractivity contribution in [1.29, 1.82) is 0 Å². The number of methoxy groups -OCH3 is 2. The Kier molecular flexibility index (Phi) is 4.12. The molecule has 27 heavy (non-hydrogen) atoms. The molecule has 3 aromatic carbocycles. The van der Waals surface area contributed by atoms with Gasteiger partial charge in [0.05, 0.1) is 30.4 Å². The van der Waals surface area contributed by atoms with Crippen LogP contribution in [-0.4, -0.2) is 21.0 Å². The van der Waals surface area contributed by atoms with Crippen LogP contribution in [-0.2, 0) is 7.05 Å². The van der Waals surface area contributed by atoms with E-state index in [-0.39, 0.29) is 19.2 Å². The third-order valence-electron chi connectivity index (χ3n) is 5.03. The van der Waals surface area contributed by atoms with Crippen molar-refractivity contribution in [2.75, 3.05) is 21.0 Å². The van der Waals surface area contributed by atoms with Gasteiger partial charge in [0.15, 0.2) is 29.2 Å². The molecule has 0 radical (unpaired) electrons. The summed E-state index contributed by atoms with van der Waals surface area (Å²) in [6, 6.07) is 12.4. The molecule has 5 rings (SSSR count). The van der Waals surface area contributed by atoms with Gasteiger partial charge in [-0.3, -0.25) is 0 Å². The Bertz CT molecular complexity index is 1210. The summed E-state index contributed by atoms with van der Waals surface area (Å²) in [5, 5.41) is 5.54. The number of fused-ring (bicyclic) bond motifs is 6. The Morgan fingerprint density at radius 2 is 1.59 bits per heavy atom. The first kappa shape index (κ1) is 17.5. The van der Waals surface area contributed by atoms with Crippen LogP contribution in [0.4, 0.5) is 0 Å². The number of benzene rings is 3. The highest BCUT2D eigenvalue weighted by atomic mass is 35.5. The minimum atomic E-state index is 0. The average Bonchev–Trinajstić information content (AvgIpc) is 3.12. The Hall–Kier alpha value is -2.92. The van der Waals surface area contributed by atoms with Gasteiger partial charge in [-0.05, 0) is 35.7 Å². The van der Waals surface area contributed by atoms with E-state index in [9.17, 15) is 0 Å². The lowest BCUT2D eigenvalue weighted by Crippen LogP contribution is -2.28. The minimum absolute atomic E-state index is 0. The van der Waals surface area contributed by atoms with E-state index in [1.807, 2.05) is 19.2 Å². The number of rotatable bonds is 2. The molecule has 2 heterocycles. The fraction of sp³-hybridized carbons (Fsp3) is 0.190. The fourth-order valence-corrected chi connectivity index (χ4v) is 3.87. The van der Waals surface area contributed by atoms with E-state index in [1.165, 1.54) is 0 Å². The first-order chi connectivity index (χ1) is 12.7. The van der Waals surface area contributed by atoms with Crippen molar-refractivity contribution < 1.29 is 23.5 Å². The molecular weight excluding hydrogens is 366 g/mol. The monoisotopic (exact) mass is 384 g/mol. The Morgan fingerprint density at radius 3 is 2.33 bits per heavy atom. The SMILES string of the molecule is COc1ccc2c(c[n+](C)c3c4cc5c(cc4ccc23)OCO5)c1OC.Cl. The van der Waals surface area contributed by atoms with E-state index >= 15 is 0 Å². The summed E-state index contributed by atoms with van der Waals surface area (Å²) in [6.45, 7) is 0.273. The molecule has 0 spiro atoms. The maximum Gasteiger partial charge on any atom is 0.231 e. The largest absolute Gasteiger partial charge is 0.493 e. The molecule has 0 atom stereocenters. The molecule has 5 nitrogen and oxygen atoms in total. The molecule has 0 aliphatic carbocycles. The third kappa shape index (κ3) is 2.42. The summed E-state index contributed by atoms with van der Waals surface area (Å²) in [5.41, 5.74) is 1.14. The second-order valence-corrected chi connectivity index (χ2v) is 6.39. The van der Waals surface area contributed by atoms with Gasteiger partial charge in [-0.25, -0.2) is 0 Å². The Balaban J connectivity index is 0.00000180. The van der Waals surface area contributed by atoms with Crippen molar-refractivity contribution in [3.05, 3.63) is 42.6 Å².